The van der Waals surface area contributed by atoms with Crippen LogP contribution in [0.15, 0.2) is 43.0 Å². The third-order valence-electron chi connectivity index (χ3n) is 2.49. The van der Waals surface area contributed by atoms with Crippen LogP contribution in [0.2, 0.25) is 0 Å². The smallest absolute Gasteiger partial charge is 0.0130 e. The van der Waals surface area contributed by atoms with E-state index in [4.69, 9.17) is 0 Å². The van der Waals surface area contributed by atoms with Crippen LogP contribution >= 0.6 is 0 Å². The molecule has 0 N–H and O–H groups in total. The molecule has 0 aliphatic heterocycles. The van der Waals surface area contributed by atoms with E-state index in [1.165, 1.54) is 5.56 Å². The molecule has 0 aliphatic carbocycles. The molecule has 0 saturated heterocycles. The van der Waals surface area contributed by atoms with Gasteiger partial charge in [-0.2, -0.15) is 0 Å². The Balaban J connectivity index is 2.78. The third-order valence-corrected chi connectivity index (χ3v) is 2.49. The molecule has 0 spiro atoms. The largest absolute Gasteiger partial charge is 0.103 e. The Hall–Kier alpha value is -1.04. The summed E-state index contributed by atoms with van der Waals surface area (Å²) >= 11 is 0. The van der Waals surface area contributed by atoms with E-state index in [1.54, 1.807) is 0 Å². The molecule has 0 unspecified atom stereocenters. The van der Waals surface area contributed by atoms with Crippen molar-refractivity contribution in [3.63, 3.8) is 0 Å². The summed E-state index contributed by atoms with van der Waals surface area (Å²) in [5, 5.41) is 0. The van der Waals surface area contributed by atoms with Crippen LogP contribution < -0.4 is 0 Å². The van der Waals surface area contributed by atoms with Gasteiger partial charge in [0.25, 0.3) is 0 Å². The minimum atomic E-state index is 0.549. The zero-order chi connectivity index (χ0) is 8.97. The van der Waals surface area contributed by atoms with Crippen molar-refractivity contribution in [2.75, 3.05) is 0 Å². The van der Waals surface area contributed by atoms with Gasteiger partial charge < -0.3 is 0 Å². The van der Waals surface area contributed by atoms with Gasteiger partial charge in [0.2, 0.25) is 0 Å². The molecule has 0 saturated carbocycles. The lowest BCUT2D eigenvalue weighted by molar-refractivity contribution is 0.592. The van der Waals surface area contributed by atoms with Crippen LogP contribution in [-0.4, -0.2) is 0 Å². The number of benzene rings is 1. The van der Waals surface area contributed by atoms with Crippen molar-refractivity contribution in [1.29, 1.82) is 0 Å². The van der Waals surface area contributed by atoms with E-state index < -0.39 is 0 Å². The van der Waals surface area contributed by atoms with Crippen LogP contribution in [-0.2, 0) is 0 Å². The molecule has 0 heterocycles. The molecular formula is C12H16. The predicted octanol–water partition coefficient (Wildman–Crippen LogP) is 3.61. The summed E-state index contributed by atoms with van der Waals surface area (Å²) in [5.41, 5.74) is 1.39. The molecule has 1 rings (SSSR count). The summed E-state index contributed by atoms with van der Waals surface area (Å²) in [6.45, 7) is 8.24. The van der Waals surface area contributed by atoms with Gasteiger partial charge in [0, 0.05) is 0 Å². The third kappa shape index (κ3) is 1.97. The van der Waals surface area contributed by atoms with Gasteiger partial charge in [-0.3, -0.25) is 0 Å². The van der Waals surface area contributed by atoms with Gasteiger partial charge in [-0.05, 0) is 17.4 Å². The van der Waals surface area contributed by atoms with E-state index in [0.29, 0.717) is 11.8 Å². The average molecular weight is 160 g/mol. The summed E-state index contributed by atoms with van der Waals surface area (Å²) in [6, 6.07) is 10.6. The predicted molar refractivity (Wildman–Crippen MR) is 54.2 cm³/mol. The molecule has 0 fully saturated rings. The molecule has 0 radical (unpaired) electrons. The first-order chi connectivity index (χ1) is 5.75. The minimum Gasteiger partial charge on any atom is -0.103 e. The quantitative estimate of drug-likeness (QED) is 0.592. The Bertz CT molecular complexity index is 235. The topological polar surface area (TPSA) is 0 Å². The first kappa shape index (κ1) is 9.05. The number of rotatable bonds is 3. The Labute approximate surface area is 74.9 Å². The van der Waals surface area contributed by atoms with E-state index in [2.05, 4.69) is 50.8 Å². The van der Waals surface area contributed by atoms with Crippen LogP contribution in [0, 0.1) is 5.92 Å². The van der Waals surface area contributed by atoms with Crippen LogP contribution in [0.4, 0.5) is 0 Å². The van der Waals surface area contributed by atoms with Crippen LogP contribution in [0.25, 0.3) is 0 Å². The van der Waals surface area contributed by atoms with Crippen molar-refractivity contribution in [3.05, 3.63) is 48.6 Å². The highest BCUT2D eigenvalue weighted by Gasteiger charge is 2.09. The molecule has 0 heteroatoms. The van der Waals surface area contributed by atoms with Gasteiger partial charge in [0.1, 0.15) is 0 Å². The SMILES string of the molecule is C=C[C@@H](C)[C@H](C)c1ccccc1. The summed E-state index contributed by atoms with van der Waals surface area (Å²) in [7, 11) is 0. The molecule has 0 amide bonds. The van der Waals surface area contributed by atoms with Crippen molar-refractivity contribution in [2.24, 2.45) is 5.92 Å². The van der Waals surface area contributed by atoms with Gasteiger partial charge in [-0.15, -0.1) is 6.58 Å². The molecule has 1 aromatic rings. The first-order valence-corrected chi connectivity index (χ1v) is 4.43. The van der Waals surface area contributed by atoms with Crippen molar-refractivity contribution in [3.8, 4) is 0 Å². The lowest BCUT2D eigenvalue weighted by atomic mass is 9.89. The standard InChI is InChI=1S/C12H16/c1-4-10(2)11(3)12-8-6-5-7-9-12/h4-11H,1H2,2-3H3/t10-,11+/m1/s1. The lowest BCUT2D eigenvalue weighted by Crippen LogP contribution is -2.02. The zero-order valence-electron chi connectivity index (χ0n) is 7.83. The summed E-state index contributed by atoms with van der Waals surface area (Å²) in [4.78, 5) is 0. The normalized spacial score (nSPS) is 15.2. The van der Waals surface area contributed by atoms with E-state index >= 15 is 0 Å². The molecule has 0 aromatic heterocycles. The molecule has 0 bridgehead atoms. The fraction of sp³-hybridized carbons (Fsp3) is 0.333. The van der Waals surface area contributed by atoms with E-state index in [0.717, 1.165) is 0 Å². The van der Waals surface area contributed by atoms with E-state index in [1.807, 2.05) is 6.08 Å². The molecule has 1 aromatic carbocycles. The van der Waals surface area contributed by atoms with Crippen molar-refractivity contribution >= 4 is 0 Å². The molecule has 2 atom stereocenters. The maximum atomic E-state index is 3.81. The second-order valence-electron chi connectivity index (χ2n) is 3.29. The van der Waals surface area contributed by atoms with Gasteiger partial charge >= 0.3 is 0 Å². The Morgan fingerprint density at radius 2 is 1.75 bits per heavy atom. The van der Waals surface area contributed by atoms with Crippen LogP contribution in [0.3, 0.4) is 0 Å². The maximum absolute atomic E-state index is 3.81. The van der Waals surface area contributed by atoms with E-state index in [9.17, 15) is 0 Å². The van der Waals surface area contributed by atoms with Gasteiger partial charge in [0.05, 0.1) is 0 Å². The van der Waals surface area contributed by atoms with Crippen LogP contribution in [0.1, 0.15) is 25.3 Å². The number of hydrogen-bond donors (Lipinski definition) is 0. The first-order valence-electron chi connectivity index (χ1n) is 4.43. The molecule has 12 heavy (non-hydrogen) atoms. The van der Waals surface area contributed by atoms with Crippen LogP contribution in [0.5, 0.6) is 0 Å². The van der Waals surface area contributed by atoms with Crippen molar-refractivity contribution in [1.82, 2.24) is 0 Å². The fourth-order valence-corrected chi connectivity index (χ4v) is 1.26. The average Bonchev–Trinajstić information content (AvgIpc) is 2.17. The van der Waals surface area contributed by atoms with Gasteiger partial charge in [-0.25, -0.2) is 0 Å². The van der Waals surface area contributed by atoms with Gasteiger partial charge in [-0.1, -0.05) is 50.3 Å². The summed E-state index contributed by atoms with van der Waals surface area (Å²) < 4.78 is 0. The van der Waals surface area contributed by atoms with Crippen molar-refractivity contribution in [2.45, 2.75) is 19.8 Å². The lowest BCUT2D eigenvalue weighted by Gasteiger charge is -2.16. The summed E-state index contributed by atoms with van der Waals surface area (Å²) in [5.74, 6) is 1.12. The Morgan fingerprint density at radius 1 is 1.17 bits per heavy atom. The zero-order valence-corrected chi connectivity index (χ0v) is 7.83. The van der Waals surface area contributed by atoms with E-state index in [-0.39, 0.29) is 0 Å². The minimum absolute atomic E-state index is 0.549. The molecule has 64 valence electrons. The molecular weight excluding hydrogens is 144 g/mol. The monoisotopic (exact) mass is 160 g/mol. The molecule has 0 aliphatic rings. The number of hydrogen-bond acceptors (Lipinski definition) is 0. The Morgan fingerprint density at radius 3 is 2.25 bits per heavy atom. The molecule has 0 nitrogen and oxygen atoms in total. The fourth-order valence-electron chi connectivity index (χ4n) is 1.26. The van der Waals surface area contributed by atoms with Crippen molar-refractivity contribution < 1.29 is 0 Å². The number of allylic oxidation sites excluding steroid dienone is 1. The van der Waals surface area contributed by atoms with Gasteiger partial charge in [0.15, 0.2) is 0 Å². The highest BCUT2D eigenvalue weighted by molar-refractivity contribution is 5.20. The second kappa shape index (κ2) is 4.10. The summed E-state index contributed by atoms with van der Waals surface area (Å²) in [6.07, 6.45) is 2.01. The second-order valence-corrected chi connectivity index (χ2v) is 3.29. The highest BCUT2D eigenvalue weighted by atomic mass is 14.1. The maximum Gasteiger partial charge on any atom is -0.0130 e. The Kier molecular flexibility index (Phi) is 3.09. The highest BCUT2D eigenvalue weighted by Crippen LogP contribution is 2.23.